The quantitative estimate of drug-likeness (QED) is 0.792. The molecule has 1 spiro atoms. The second kappa shape index (κ2) is 6.83. The molecule has 1 aromatic carbocycles. The number of hydrogen-bond acceptors (Lipinski definition) is 4. The predicted octanol–water partition coefficient (Wildman–Crippen LogP) is 3.58. The Morgan fingerprint density at radius 2 is 1.93 bits per heavy atom. The predicted molar refractivity (Wildman–Crippen MR) is 102 cm³/mol. The van der Waals surface area contributed by atoms with Crippen LogP contribution in [0.2, 0.25) is 0 Å². The van der Waals surface area contributed by atoms with Gasteiger partial charge >= 0.3 is 0 Å². The zero-order valence-corrected chi connectivity index (χ0v) is 16.1. The van der Waals surface area contributed by atoms with Crippen LogP contribution >= 0.6 is 0 Å². The molecular formula is C22H23F2N3O2. The SMILES string of the molecule is O=C(CC1CC1(F)F)N1CCC2(CC1)OCCc1cnc(-c3ccccc3)nc12. The van der Waals surface area contributed by atoms with Crippen LogP contribution in [0, 0.1) is 5.92 Å². The third-order valence-electron chi connectivity index (χ3n) is 6.38. The zero-order valence-electron chi connectivity index (χ0n) is 16.1. The van der Waals surface area contributed by atoms with Gasteiger partial charge in [0.2, 0.25) is 5.91 Å². The van der Waals surface area contributed by atoms with Crippen LogP contribution in [0.25, 0.3) is 11.4 Å². The number of benzene rings is 1. The van der Waals surface area contributed by atoms with E-state index in [4.69, 9.17) is 9.72 Å². The van der Waals surface area contributed by atoms with E-state index in [0.29, 0.717) is 38.4 Å². The molecule has 29 heavy (non-hydrogen) atoms. The molecule has 2 fully saturated rings. The van der Waals surface area contributed by atoms with Gasteiger partial charge in [0.15, 0.2) is 5.82 Å². The maximum absolute atomic E-state index is 13.1. The lowest BCUT2D eigenvalue weighted by molar-refractivity contribution is -0.142. The minimum atomic E-state index is -2.65. The largest absolute Gasteiger partial charge is 0.368 e. The molecule has 1 saturated heterocycles. The zero-order chi connectivity index (χ0) is 20.1. The van der Waals surface area contributed by atoms with Crippen LogP contribution in [0.3, 0.4) is 0 Å². The molecule has 7 heteroatoms. The molecule has 3 aliphatic rings. The van der Waals surface area contributed by atoms with Crippen molar-refractivity contribution < 1.29 is 18.3 Å². The molecule has 2 aromatic rings. The highest BCUT2D eigenvalue weighted by atomic mass is 19.3. The van der Waals surface area contributed by atoms with E-state index in [1.807, 2.05) is 36.5 Å². The molecule has 1 atom stereocenters. The summed E-state index contributed by atoms with van der Waals surface area (Å²) in [5, 5.41) is 0. The van der Waals surface area contributed by atoms with Crippen molar-refractivity contribution in [3.63, 3.8) is 0 Å². The Labute approximate surface area is 168 Å². The Balaban J connectivity index is 1.34. The highest BCUT2D eigenvalue weighted by molar-refractivity contribution is 5.77. The van der Waals surface area contributed by atoms with Gasteiger partial charge in [-0.3, -0.25) is 4.79 Å². The van der Waals surface area contributed by atoms with Crippen LogP contribution in [-0.2, 0) is 21.6 Å². The molecule has 3 heterocycles. The second-order valence-corrected chi connectivity index (χ2v) is 8.27. The van der Waals surface area contributed by atoms with E-state index in [2.05, 4.69) is 4.98 Å². The van der Waals surface area contributed by atoms with E-state index in [0.717, 1.165) is 23.2 Å². The highest BCUT2D eigenvalue weighted by Crippen LogP contribution is 2.51. The van der Waals surface area contributed by atoms with Gasteiger partial charge in [0.05, 0.1) is 12.3 Å². The fraction of sp³-hybridized carbons (Fsp3) is 0.500. The van der Waals surface area contributed by atoms with Gasteiger partial charge in [-0.05, 0) is 24.8 Å². The van der Waals surface area contributed by atoms with E-state index >= 15 is 0 Å². The number of alkyl halides is 2. The molecule has 1 unspecified atom stereocenters. The van der Waals surface area contributed by atoms with Crippen LogP contribution in [-0.4, -0.2) is 46.4 Å². The number of carbonyl (C=O) groups excluding carboxylic acids is 1. The number of hydrogen-bond donors (Lipinski definition) is 0. The van der Waals surface area contributed by atoms with Gasteiger partial charge in [0.25, 0.3) is 5.92 Å². The van der Waals surface area contributed by atoms with E-state index in [1.165, 1.54) is 0 Å². The maximum Gasteiger partial charge on any atom is 0.252 e. The summed E-state index contributed by atoms with van der Waals surface area (Å²) in [6.07, 6.45) is 3.69. The molecule has 1 amide bonds. The maximum atomic E-state index is 13.1. The first kappa shape index (κ1) is 18.6. The van der Waals surface area contributed by atoms with Crippen molar-refractivity contribution in [2.24, 2.45) is 5.92 Å². The molecule has 1 aromatic heterocycles. The lowest BCUT2D eigenvalue weighted by Crippen LogP contribution is -2.49. The van der Waals surface area contributed by atoms with Crippen molar-refractivity contribution in [1.82, 2.24) is 14.9 Å². The number of ether oxygens (including phenoxy) is 1. The summed E-state index contributed by atoms with van der Waals surface area (Å²) in [5.74, 6) is -2.93. The number of rotatable bonds is 3. The van der Waals surface area contributed by atoms with Gasteiger partial charge < -0.3 is 9.64 Å². The lowest BCUT2D eigenvalue weighted by atomic mass is 9.83. The summed E-state index contributed by atoms with van der Waals surface area (Å²) >= 11 is 0. The standard InChI is InChI=1S/C22H23F2N3O2/c23-22(24)13-17(22)12-18(28)27-9-7-21(8-10-27)19-16(6-11-29-21)14-25-20(26-19)15-4-2-1-3-5-15/h1-5,14,17H,6-13H2. The number of nitrogens with zero attached hydrogens (tertiary/aromatic N) is 3. The Hall–Kier alpha value is -2.41. The van der Waals surface area contributed by atoms with Crippen LogP contribution in [0.5, 0.6) is 0 Å². The van der Waals surface area contributed by atoms with Crippen molar-refractivity contribution in [3.8, 4) is 11.4 Å². The number of piperidine rings is 1. The number of likely N-dealkylation sites (tertiary alicyclic amines) is 1. The lowest BCUT2D eigenvalue weighted by Gasteiger charge is -2.44. The number of amides is 1. The molecule has 5 nitrogen and oxygen atoms in total. The Kier molecular flexibility index (Phi) is 4.38. The Morgan fingerprint density at radius 1 is 1.21 bits per heavy atom. The van der Waals surface area contributed by atoms with Gasteiger partial charge in [0, 0.05) is 43.6 Å². The minimum absolute atomic E-state index is 0.0578. The first-order valence-electron chi connectivity index (χ1n) is 10.2. The Bertz CT molecular complexity index is 927. The molecule has 0 radical (unpaired) electrons. The summed E-state index contributed by atoms with van der Waals surface area (Å²) in [4.78, 5) is 23.5. The Morgan fingerprint density at radius 3 is 2.62 bits per heavy atom. The first-order valence-corrected chi connectivity index (χ1v) is 10.2. The van der Waals surface area contributed by atoms with Gasteiger partial charge in [-0.2, -0.15) is 0 Å². The van der Waals surface area contributed by atoms with Crippen molar-refractivity contribution in [2.75, 3.05) is 19.7 Å². The molecule has 2 aliphatic heterocycles. The molecule has 0 N–H and O–H groups in total. The van der Waals surface area contributed by atoms with Gasteiger partial charge in [-0.25, -0.2) is 18.7 Å². The van der Waals surface area contributed by atoms with E-state index in [1.54, 1.807) is 4.90 Å². The van der Waals surface area contributed by atoms with E-state index in [9.17, 15) is 13.6 Å². The van der Waals surface area contributed by atoms with Crippen LogP contribution in [0.4, 0.5) is 8.78 Å². The smallest absolute Gasteiger partial charge is 0.252 e. The van der Waals surface area contributed by atoms with Gasteiger partial charge in [-0.15, -0.1) is 0 Å². The molecule has 1 aliphatic carbocycles. The number of halogens is 2. The van der Waals surface area contributed by atoms with Gasteiger partial charge in [0.1, 0.15) is 5.60 Å². The molecule has 1 saturated carbocycles. The van der Waals surface area contributed by atoms with Gasteiger partial charge in [-0.1, -0.05) is 30.3 Å². The molecule has 152 valence electrons. The summed E-state index contributed by atoms with van der Waals surface area (Å²) in [6.45, 7) is 1.60. The molecule has 5 rings (SSSR count). The number of fused-ring (bicyclic) bond motifs is 2. The summed E-state index contributed by atoms with van der Waals surface area (Å²) in [5.41, 5.74) is 2.43. The summed E-state index contributed by atoms with van der Waals surface area (Å²) in [7, 11) is 0. The first-order chi connectivity index (χ1) is 14.0. The third kappa shape index (κ3) is 3.41. The van der Waals surface area contributed by atoms with E-state index < -0.39 is 17.4 Å². The number of aromatic nitrogens is 2. The van der Waals surface area contributed by atoms with Crippen LogP contribution in [0.15, 0.2) is 36.5 Å². The normalized spacial score (nSPS) is 24.2. The fourth-order valence-electron chi connectivity index (χ4n) is 4.46. The fourth-order valence-corrected chi connectivity index (χ4v) is 4.46. The monoisotopic (exact) mass is 399 g/mol. The summed E-state index contributed by atoms with van der Waals surface area (Å²) < 4.78 is 32.5. The number of carbonyl (C=O) groups is 1. The topological polar surface area (TPSA) is 55.3 Å². The third-order valence-corrected chi connectivity index (χ3v) is 6.38. The highest BCUT2D eigenvalue weighted by Gasteiger charge is 2.57. The van der Waals surface area contributed by atoms with Crippen molar-refractivity contribution in [3.05, 3.63) is 47.8 Å². The van der Waals surface area contributed by atoms with Crippen LogP contribution < -0.4 is 0 Å². The average Bonchev–Trinajstić information content (AvgIpc) is 3.35. The summed E-state index contributed by atoms with van der Waals surface area (Å²) in [6, 6.07) is 9.83. The van der Waals surface area contributed by atoms with Crippen LogP contribution in [0.1, 0.15) is 36.9 Å². The molecular weight excluding hydrogens is 376 g/mol. The van der Waals surface area contributed by atoms with Crippen molar-refractivity contribution >= 4 is 5.91 Å². The van der Waals surface area contributed by atoms with E-state index in [-0.39, 0.29) is 18.7 Å². The second-order valence-electron chi connectivity index (χ2n) is 8.27. The minimum Gasteiger partial charge on any atom is -0.368 e. The van der Waals surface area contributed by atoms with Crippen molar-refractivity contribution in [2.45, 2.75) is 43.6 Å². The van der Waals surface area contributed by atoms with Crippen molar-refractivity contribution in [1.29, 1.82) is 0 Å². The molecule has 0 bridgehead atoms. The average molecular weight is 399 g/mol.